The van der Waals surface area contributed by atoms with E-state index in [0.717, 1.165) is 17.4 Å². The number of benzene rings is 1. The molecular weight excluding hydrogens is 316 g/mol. The van der Waals surface area contributed by atoms with Gasteiger partial charge in [-0.05, 0) is 41.0 Å². The van der Waals surface area contributed by atoms with Crippen molar-refractivity contribution in [2.24, 2.45) is 5.73 Å². The summed E-state index contributed by atoms with van der Waals surface area (Å²) >= 11 is 1.14. The van der Waals surface area contributed by atoms with Gasteiger partial charge in [0.15, 0.2) is 0 Å². The van der Waals surface area contributed by atoms with Crippen LogP contribution in [0.15, 0.2) is 29.4 Å². The van der Waals surface area contributed by atoms with Crippen LogP contribution >= 0.6 is 11.8 Å². The molecule has 0 saturated carbocycles. The first-order valence-corrected chi connectivity index (χ1v) is 7.92. The predicted octanol–water partition coefficient (Wildman–Crippen LogP) is 1.46. The topological polar surface area (TPSA) is 116 Å². The molecule has 122 valence electrons. The third-order valence-corrected chi connectivity index (χ3v) is 4.18. The van der Waals surface area contributed by atoms with Gasteiger partial charge in [-0.1, -0.05) is 37.7 Å². The van der Waals surface area contributed by atoms with Gasteiger partial charge in [0.1, 0.15) is 0 Å². The Labute approximate surface area is 137 Å². The fourth-order valence-electron chi connectivity index (χ4n) is 1.85. The minimum Gasteiger partial charge on any atom is -0.351 e. The summed E-state index contributed by atoms with van der Waals surface area (Å²) < 4.78 is 1.54. The van der Waals surface area contributed by atoms with E-state index in [0.29, 0.717) is 11.1 Å². The molecule has 0 spiro atoms. The number of primary amides is 1. The monoisotopic (exact) mass is 334 g/mol. The Hall–Kier alpha value is -2.42. The third kappa shape index (κ3) is 4.28. The largest absolute Gasteiger partial charge is 0.351 e. The van der Waals surface area contributed by atoms with Crippen LogP contribution in [0.5, 0.6) is 0 Å². The van der Waals surface area contributed by atoms with Crippen molar-refractivity contribution in [2.75, 3.05) is 0 Å². The van der Waals surface area contributed by atoms with Crippen molar-refractivity contribution in [3.63, 3.8) is 0 Å². The predicted molar refractivity (Wildman–Crippen MR) is 86.3 cm³/mol. The first kappa shape index (κ1) is 16.9. The van der Waals surface area contributed by atoms with Crippen LogP contribution in [0.4, 0.5) is 4.79 Å². The van der Waals surface area contributed by atoms with Gasteiger partial charge in [-0.2, -0.15) is 4.68 Å². The quantitative estimate of drug-likeness (QED) is 0.800. The lowest BCUT2D eigenvalue weighted by Gasteiger charge is -2.10. The van der Waals surface area contributed by atoms with E-state index >= 15 is 0 Å². The van der Waals surface area contributed by atoms with Gasteiger partial charge in [0.25, 0.3) is 0 Å². The zero-order chi connectivity index (χ0) is 17.0. The van der Waals surface area contributed by atoms with Crippen LogP contribution in [-0.4, -0.2) is 37.4 Å². The second-order valence-corrected chi connectivity index (χ2v) is 6.54. The summed E-state index contributed by atoms with van der Waals surface area (Å²) in [7, 11) is 0. The van der Waals surface area contributed by atoms with E-state index in [9.17, 15) is 9.59 Å². The highest BCUT2D eigenvalue weighted by atomic mass is 32.2. The number of thioether (sulfide) groups is 1. The van der Waals surface area contributed by atoms with Gasteiger partial charge < -0.3 is 5.73 Å². The molecular formula is C14H18N6O2S. The van der Waals surface area contributed by atoms with Crippen LogP contribution in [0.3, 0.4) is 0 Å². The van der Waals surface area contributed by atoms with E-state index in [-0.39, 0.29) is 0 Å². The van der Waals surface area contributed by atoms with Crippen LogP contribution < -0.4 is 11.1 Å². The van der Waals surface area contributed by atoms with E-state index in [1.165, 1.54) is 5.56 Å². The number of carbonyl (C=O) groups excluding carboxylic acids is 2. The molecule has 0 unspecified atom stereocenters. The molecule has 0 saturated heterocycles. The summed E-state index contributed by atoms with van der Waals surface area (Å²) in [5.41, 5.74) is 6.95. The molecule has 3 amide bonds. The summed E-state index contributed by atoms with van der Waals surface area (Å²) in [6.45, 7) is 5.88. The molecule has 23 heavy (non-hydrogen) atoms. The minimum absolute atomic E-state index is 0.435. The minimum atomic E-state index is -0.883. The van der Waals surface area contributed by atoms with Crippen molar-refractivity contribution in [3.8, 4) is 5.69 Å². The Morgan fingerprint density at radius 1 is 1.22 bits per heavy atom. The lowest BCUT2D eigenvalue weighted by Crippen LogP contribution is -2.39. The number of rotatable bonds is 5. The number of hydrogen-bond acceptors (Lipinski definition) is 6. The number of nitrogens with two attached hydrogens (primary N) is 1. The Morgan fingerprint density at radius 3 is 2.43 bits per heavy atom. The lowest BCUT2D eigenvalue weighted by molar-refractivity contribution is -0.119. The second-order valence-electron chi connectivity index (χ2n) is 5.23. The van der Waals surface area contributed by atoms with Gasteiger partial charge in [0.2, 0.25) is 11.1 Å². The second kappa shape index (κ2) is 7.23. The molecule has 9 heteroatoms. The van der Waals surface area contributed by atoms with Gasteiger partial charge in [-0.3, -0.25) is 10.1 Å². The zero-order valence-electron chi connectivity index (χ0n) is 13.1. The molecule has 0 aliphatic carbocycles. The summed E-state index contributed by atoms with van der Waals surface area (Å²) in [6, 6.07) is 6.98. The van der Waals surface area contributed by atoms with Crippen LogP contribution in [0.2, 0.25) is 0 Å². The van der Waals surface area contributed by atoms with Crippen LogP contribution in [-0.2, 0) is 4.79 Å². The summed E-state index contributed by atoms with van der Waals surface area (Å²) in [4.78, 5) is 22.5. The molecule has 0 aliphatic rings. The molecule has 1 aromatic heterocycles. The average Bonchev–Trinajstić information content (AvgIpc) is 2.94. The van der Waals surface area contributed by atoms with Gasteiger partial charge in [-0.25, -0.2) is 4.79 Å². The number of amides is 3. The number of tetrazole rings is 1. The number of aromatic nitrogens is 4. The molecule has 2 aromatic rings. The Kier molecular flexibility index (Phi) is 5.32. The highest BCUT2D eigenvalue weighted by molar-refractivity contribution is 8.00. The maximum atomic E-state index is 11.7. The van der Waals surface area contributed by atoms with Crippen molar-refractivity contribution in [1.82, 2.24) is 25.5 Å². The molecule has 1 heterocycles. The maximum absolute atomic E-state index is 11.7. The van der Waals surface area contributed by atoms with Crippen molar-refractivity contribution < 1.29 is 9.59 Å². The fourth-order valence-corrected chi connectivity index (χ4v) is 2.66. The zero-order valence-corrected chi connectivity index (χ0v) is 13.9. The SMILES string of the molecule is CC(C)c1ccc(-n2nnnc2S[C@H](C)C(=O)NC(N)=O)cc1. The lowest BCUT2D eigenvalue weighted by atomic mass is 10.0. The van der Waals surface area contributed by atoms with E-state index in [1.54, 1.807) is 11.6 Å². The summed E-state index contributed by atoms with van der Waals surface area (Å²) in [6.07, 6.45) is 0. The molecule has 1 atom stereocenters. The highest BCUT2D eigenvalue weighted by Crippen LogP contribution is 2.24. The Morgan fingerprint density at radius 2 is 1.87 bits per heavy atom. The average molecular weight is 334 g/mol. The van der Waals surface area contributed by atoms with Crippen molar-refractivity contribution in [1.29, 1.82) is 0 Å². The van der Waals surface area contributed by atoms with Crippen molar-refractivity contribution in [2.45, 2.75) is 37.1 Å². The van der Waals surface area contributed by atoms with Crippen LogP contribution in [0.1, 0.15) is 32.3 Å². The van der Waals surface area contributed by atoms with Crippen LogP contribution in [0.25, 0.3) is 5.69 Å². The van der Waals surface area contributed by atoms with E-state index < -0.39 is 17.2 Å². The summed E-state index contributed by atoms with van der Waals surface area (Å²) in [5.74, 6) is -0.0588. The van der Waals surface area contributed by atoms with Crippen molar-refractivity contribution >= 4 is 23.7 Å². The number of carbonyl (C=O) groups is 2. The van der Waals surface area contributed by atoms with E-state index in [1.807, 2.05) is 29.6 Å². The molecule has 0 bridgehead atoms. The Balaban J connectivity index is 2.16. The normalized spacial score (nSPS) is 12.2. The van der Waals surface area contributed by atoms with Gasteiger partial charge in [0, 0.05) is 0 Å². The van der Waals surface area contributed by atoms with Gasteiger partial charge >= 0.3 is 6.03 Å². The van der Waals surface area contributed by atoms with E-state index in [4.69, 9.17) is 5.73 Å². The van der Waals surface area contributed by atoms with E-state index in [2.05, 4.69) is 29.4 Å². The molecule has 2 rings (SSSR count). The molecule has 1 aromatic carbocycles. The van der Waals surface area contributed by atoms with Crippen molar-refractivity contribution in [3.05, 3.63) is 29.8 Å². The fraction of sp³-hybridized carbons (Fsp3) is 0.357. The smallest absolute Gasteiger partial charge is 0.318 e. The van der Waals surface area contributed by atoms with Gasteiger partial charge in [-0.15, -0.1) is 5.10 Å². The first-order valence-electron chi connectivity index (χ1n) is 7.04. The first-order chi connectivity index (χ1) is 10.9. The molecule has 3 N–H and O–H groups in total. The van der Waals surface area contributed by atoms with Crippen LogP contribution in [0, 0.1) is 0 Å². The highest BCUT2D eigenvalue weighted by Gasteiger charge is 2.20. The Bertz CT molecular complexity index is 698. The maximum Gasteiger partial charge on any atom is 0.318 e. The number of imide groups is 1. The molecule has 0 aliphatic heterocycles. The number of hydrogen-bond donors (Lipinski definition) is 2. The molecule has 0 fully saturated rings. The molecule has 0 radical (unpaired) electrons. The third-order valence-electron chi connectivity index (χ3n) is 3.14. The number of nitrogens with zero attached hydrogens (tertiary/aromatic N) is 4. The standard InChI is InChI=1S/C14H18N6O2S/c1-8(2)10-4-6-11(7-5-10)20-14(17-18-19-20)23-9(3)12(21)16-13(15)22/h4-9H,1-3H3,(H3,15,16,21,22)/t9-/m1/s1. The molecule has 8 nitrogen and oxygen atoms in total. The number of urea groups is 1. The number of nitrogens with one attached hydrogen (secondary N) is 1. The van der Waals surface area contributed by atoms with Gasteiger partial charge in [0.05, 0.1) is 10.9 Å². The summed E-state index contributed by atoms with van der Waals surface area (Å²) in [5, 5.41) is 13.4.